The van der Waals surface area contributed by atoms with Crippen LogP contribution in [0.4, 0.5) is 0 Å². The summed E-state index contributed by atoms with van der Waals surface area (Å²) in [5.74, 6) is -0.751. The monoisotopic (exact) mass is 196 g/mol. The summed E-state index contributed by atoms with van der Waals surface area (Å²) in [5.41, 5.74) is -0.300. The molecule has 3 rings (SSSR count). The first-order chi connectivity index (χ1) is 6.65. The fourth-order valence-electron chi connectivity index (χ4n) is 3.65. The zero-order valence-electron chi connectivity index (χ0n) is 8.29. The summed E-state index contributed by atoms with van der Waals surface area (Å²) < 4.78 is 5.15. The molecule has 0 amide bonds. The van der Waals surface area contributed by atoms with Crippen molar-refractivity contribution in [3.05, 3.63) is 0 Å². The van der Waals surface area contributed by atoms with Crippen molar-refractivity contribution < 1.29 is 14.6 Å². The maximum atomic E-state index is 11.8. The number of carbonyl (C=O) groups excluding carboxylic acids is 1. The van der Waals surface area contributed by atoms with E-state index < -0.39 is 5.79 Å². The van der Waals surface area contributed by atoms with E-state index in [4.69, 9.17) is 4.74 Å². The zero-order valence-corrected chi connectivity index (χ0v) is 8.29. The number of fused-ring (bicyclic) bond motifs is 1. The van der Waals surface area contributed by atoms with E-state index in [0.717, 1.165) is 25.7 Å². The summed E-state index contributed by atoms with van der Waals surface area (Å²) in [5, 5.41) is 9.98. The summed E-state index contributed by atoms with van der Waals surface area (Å²) in [4.78, 5) is 11.8. The molecule has 3 aliphatic rings. The van der Waals surface area contributed by atoms with Gasteiger partial charge in [0.15, 0.2) is 0 Å². The lowest BCUT2D eigenvalue weighted by Crippen LogP contribution is -2.42. The molecule has 1 saturated heterocycles. The van der Waals surface area contributed by atoms with E-state index in [9.17, 15) is 9.90 Å². The highest BCUT2D eigenvalue weighted by Crippen LogP contribution is 2.58. The Hall–Kier alpha value is -0.570. The van der Waals surface area contributed by atoms with Gasteiger partial charge in [-0.2, -0.15) is 0 Å². The van der Waals surface area contributed by atoms with Gasteiger partial charge in [0, 0.05) is 12.8 Å². The van der Waals surface area contributed by atoms with Gasteiger partial charge in [-0.15, -0.1) is 0 Å². The molecule has 0 aromatic rings. The lowest BCUT2D eigenvalue weighted by atomic mass is 9.59. The number of aliphatic hydroxyl groups is 1. The number of hydrogen-bond donors (Lipinski definition) is 1. The van der Waals surface area contributed by atoms with Crippen molar-refractivity contribution in [1.82, 2.24) is 0 Å². The van der Waals surface area contributed by atoms with E-state index in [2.05, 4.69) is 0 Å². The molecule has 1 spiro atoms. The molecule has 2 bridgehead atoms. The molecule has 3 nitrogen and oxygen atoms in total. The summed E-state index contributed by atoms with van der Waals surface area (Å²) in [6.45, 7) is 0. The molecule has 0 aromatic heterocycles. The number of esters is 1. The van der Waals surface area contributed by atoms with Gasteiger partial charge < -0.3 is 9.84 Å². The predicted octanol–water partition coefficient (Wildman–Crippen LogP) is 1.59. The van der Waals surface area contributed by atoms with Crippen LogP contribution in [-0.2, 0) is 9.53 Å². The van der Waals surface area contributed by atoms with Crippen molar-refractivity contribution >= 4 is 5.97 Å². The summed E-state index contributed by atoms with van der Waals surface area (Å²) in [6.07, 6.45) is 6.58. The first-order valence-corrected chi connectivity index (χ1v) is 5.61. The normalized spacial score (nSPS) is 51.2. The number of carbonyl (C=O) groups is 1. The molecule has 2 saturated carbocycles. The highest BCUT2D eigenvalue weighted by molar-refractivity contribution is 5.80. The fourth-order valence-corrected chi connectivity index (χ4v) is 3.65. The topological polar surface area (TPSA) is 46.5 Å². The van der Waals surface area contributed by atoms with Gasteiger partial charge in [0.2, 0.25) is 5.79 Å². The third-order valence-electron chi connectivity index (χ3n) is 4.37. The van der Waals surface area contributed by atoms with E-state index in [1.54, 1.807) is 0 Å². The Morgan fingerprint density at radius 2 is 2.14 bits per heavy atom. The van der Waals surface area contributed by atoms with Crippen LogP contribution in [0.2, 0.25) is 0 Å². The van der Waals surface area contributed by atoms with Gasteiger partial charge in [0.25, 0.3) is 0 Å². The molecular weight excluding hydrogens is 180 g/mol. The minimum Gasteiger partial charge on any atom is -0.433 e. The van der Waals surface area contributed by atoms with Gasteiger partial charge in [-0.3, -0.25) is 4.79 Å². The quantitative estimate of drug-likeness (QED) is 0.598. The van der Waals surface area contributed by atoms with Gasteiger partial charge >= 0.3 is 5.97 Å². The van der Waals surface area contributed by atoms with Crippen molar-refractivity contribution in [2.75, 3.05) is 0 Å². The van der Waals surface area contributed by atoms with Crippen LogP contribution in [0, 0.1) is 11.3 Å². The van der Waals surface area contributed by atoms with Crippen LogP contribution < -0.4 is 0 Å². The molecule has 0 radical (unpaired) electrons. The first kappa shape index (κ1) is 8.72. The minimum absolute atomic E-state index is 0.123. The maximum Gasteiger partial charge on any atom is 0.315 e. The van der Waals surface area contributed by atoms with Crippen LogP contribution in [0.3, 0.4) is 0 Å². The van der Waals surface area contributed by atoms with Gasteiger partial charge in [-0.25, -0.2) is 0 Å². The second kappa shape index (κ2) is 2.51. The predicted molar refractivity (Wildman–Crippen MR) is 49.3 cm³/mol. The molecule has 0 aromatic carbocycles. The molecule has 78 valence electrons. The average molecular weight is 196 g/mol. The number of rotatable bonds is 0. The fraction of sp³-hybridized carbons (Fsp3) is 0.909. The largest absolute Gasteiger partial charge is 0.433 e. The first-order valence-electron chi connectivity index (χ1n) is 5.61. The SMILES string of the molecule is O=C1O[C@]2(O)CC[C@H]3CCCC[C@]13C2. The lowest BCUT2D eigenvalue weighted by molar-refractivity contribution is -0.190. The van der Waals surface area contributed by atoms with Crippen LogP contribution in [0.15, 0.2) is 0 Å². The summed E-state index contributed by atoms with van der Waals surface area (Å²) in [7, 11) is 0. The maximum absolute atomic E-state index is 11.8. The molecular formula is C11H16O3. The summed E-state index contributed by atoms with van der Waals surface area (Å²) in [6, 6.07) is 0. The third kappa shape index (κ3) is 0.937. The number of ether oxygens (including phenoxy) is 1. The third-order valence-corrected chi connectivity index (χ3v) is 4.37. The molecule has 1 N–H and O–H groups in total. The van der Waals surface area contributed by atoms with E-state index in [0.29, 0.717) is 18.8 Å². The molecule has 1 aliphatic heterocycles. The molecule has 1 heterocycles. The van der Waals surface area contributed by atoms with Crippen LogP contribution in [0.1, 0.15) is 44.9 Å². The Labute approximate surface area is 83.4 Å². The highest BCUT2D eigenvalue weighted by Gasteiger charge is 2.63. The minimum atomic E-state index is -1.11. The Bertz CT molecular complexity index is 288. The van der Waals surface area contributed by atoms with Crippen molar-refractivity contribution in [3.63, 3.8) is 0 Å². The zero-order chi connectivity index (χ0) is 9.81. The highest BCUT2D eigenvalue weighted by atomic mass is 16.7. The van der Waals surface area contributed by atoms with Gasteiger partial charge in [0.1, 0.15) is 0 Å². The molecule has 3 atom stereocenters. The Balaban J connectivity index is 2.00. The van der Waals surface area contributed by atoms with Crippen LogP contribution >= 0.6 is 0 Å². The van der Waals surface area contributed by atoms with Gasteiger partial charge in [-0.1, -0.05) is 12.8 Å². The second-order valence-corrected chi connectivity index (χ2v) is 5.15. The van der Waals surface area contributed by atoms with E-state index in [1.165, 1.54) is 6.42 Å². The van der Waals surface area contributed by atoms with Gasteiger partial charge in [-0.05, 0) is 25.2 Å². The smallest absolute Gasteiger partial charge is 0.315 e. The molecule has 14 heavy (non-hydrogen) atoms. The van der Waals surface area contributed by atoms with Crippen molar-refractivity contribution in [2.24, 2.45) is 11.3 Å². The van der Waals surface area contributed by atoms with Crippen LogP contribution in [0.25, 0.3) is 0 Å². The molecule has 0 unspecified atom stereocenters. The van der Waals surface area contributed by atoms with Gasteiger partial charge in [0.05, 0.1) is 5.41 Å². The Kier molecular flexibility index (Phi) is 1.56. The lowest BCUT2D eigenvalue weighted by Gasteiger charge is -2.41. The number of hydrogen-bond acceptors (Lipinski definition) is 3. The second-order valence-electron chi connectivity index (χ2n) is 5.15. The summed E-state index contributed by atoms with van der Waals surface area (Å²) >= 11 is 0. The molecule has 3 heteroatoms. The van der Waals surface area contributed by atoms with Crippen molar-refractivity contribution in [3.8, 4) is 0 Å². The van der Waals surface area contributed by atoms with Crippen molar-refractivity contribution in [1.29, 1.82) is 0 Å². The van der Waals surface area contributed by atoms with Crippen molar-refractivity contribution in [2.45, 2.75) is 50.7 Å². The Morgan fingerprint density at radius 1 is 1.29 bits per heavy atom. The molecule has 2 aliphatic carbocycles. The van der Waals surface area contributed by atoms with Crippen LogP contribution in [0.5, 0.6) is 0 Å². The standard InChI is InChI=1S/C11H16O3/c12-9-10-5-2-1-3-8(10)4-6-11(13,7-10)14-9/h8,13H,1-7H2/t8-,10-,11-/m1/s1. The average Bonchev–Trinajstić information content (AvgIpc) is 2.34. The Morgan fingerprint density at radius 3 is 3.00 bits per heavy atom. The van der Waals surface area contributed by atoms with E-state index in [1.807, 2.05) is 0 Å². The van der Waals surface area contributed by atoms with E-state index >= 15 is 0 Å². The molecule has 3 fully saturated rings. The van der Waals surface area contributed by atoms with Crippen LogP contribution in [-0.4, -0.2) is 16.9 Å². The van der Waals surface area contributed by atoms with E-state index in [-0.39, 0.29) is 11.4 Å².